The number of allylic oxidation sites excluding steroid dienone is 1. The molecule has 2 aliphatic carbocycles. The molecule has 2 unspecified atom stereocenters. The van der Waals surface area contributed by atoms with E-state index in [-0.39, 0.29) is 23.1 Å². The molecule has 1 aromatic heterocycles. The van der Waals surface area contributed by atoms with Crippen molar-refractivity contribution in [1.82, 2.24) is 15.3 Å². The summed E-state index contributed by atoms with van der Waals surface area (Å²) in [6, 6.07) is 6.85. The summed E-state index contributed by atoms with van der Waals surface area (Å²) in [5.74, 6) is -3.12. The Balaban J connectivity index is 1.46. The van der Waals surface area contributed by atoms with E-state index in [1.165, 1.54) is 13.4 Å². The number of hydrogen-bond acceptors (Lipinski definition) is 5. The highest BCUT2D eigenvalue weighted by atomic mass is 19.4. The Labute approximate surface area is 234 Å². The van der Waals surface area contributed by atoms with Gasteiger partial charge in [-0.15, -0.1) is 0 Å². The number of hydrogen-bond donors (Lipinski definition) is 2. The summed E-state index contributed by atoms with van der Waals surface area (Å²) in [5.41, 5.74) is 2.13. The number of nitrogens with zero attached hydrogens (tertiary/aromatic N) is 2. The number of nitrogens with one attached hydrogen (secondary N) is 2. The molecule has 11 heteroatoms. The number of carbonyl (C=O) groups excluding carboxylic acids is 2. The molecule has 7 nitrogen and oxygen atoms in total. The average molecular weight is 569 g/mol. The quantitative estimate of drug-likeness (QED) is 0.280. The van der Waals surface area contributed by atoms with Gasteiger partial charge in [0.05, 0.1) is 24.2 Å². The lowest BCUT2D eigenvalue weighted by Gasteiger charge is -2.30. The fourth-order valence-electron chi connectivity index (χ4n) is 6.26. The summed E-state index contributed by atoms with van der Waals surface area (Å²) >= 11 is 0. The van der Waals surface area contributed by atoms with Crippen molar-refractivity contribution in [3.05, 3.63) is 83.2 Å². The zero-order chi connectivity index (χ0) is 29.5. The van der Waals surface area contributed by atoms with Gasteiger partial charge in [-0.2, -0.15) is 13.2 Å². The number of benzene rings is 2. The van der Waals surface area contributed by atoms with Crippen LogP contribution in [0.4, 0.5) is 23.2 Å². The van der Waals surface area contributed by atoms with Crippen molar-refractivity contribution < 1.29 is 31.9 Å². The van der Waals surface area contributed by atoms with Crippen molar-refractivity contribution in [2.24, 2.45) is 17.8 Å². The Bertz CT molecular complexity index is 1520. The molecule has 5 rings (SSSR count). The molecular formula is C30H28F4N4O3. The first-order valence-electron chi connectivity index (χ1n) is 13.1. The average Bonchev–Trinajstić information content (AvgIpc) is 3.50. The first kappa shape index (κ1) is 28.3. The van der Waals surface area contributed by atoms with Crippen LogP contribution in [0.5, 0.6) is 5.75 Å². The van der Waals surface area contributed by atoms with Gasteiger partial charge in [0.2, 0.25) is 5.91 Å². The highest BCUT2D eigenvalue weighted by Gasteiger charge is 2.55. The fraction of sp³-hybridized carbons (Fsp3) is 0.333. The Kier molecular flexibility index (Phi) is 7.54. The highest BCUT2D eigenvalue weighted by Crippen LogP contribution is 2.54. The third kappa shape index (κ3) is 5.40. The third-order valence-electron chi connectivity index (χ3n) is 7.90. The standard InChI is InChI=1S/C30H28F4N4O3/c1-15(2)25-19-6-7-20(25)27(26(19)29(40)37-18-5-8-23(31)22(11-18)30(32,33)34)38-28(39)21-10-16(4-9-24(21)41-3)17-12-35-14-36-13-17/h4-5,8-14,19-20,26-27H,6-7H2,1-3H3,(H,37,40)(H,38,39)/t19?,20?,26-,27+/m0/s1. The monoisotopic (exact) mass is 568 g/mol. The van der Waals surface area contributed by atoms with E-state index >= 15 is 0 Å². The summed E-state index contributed by atoms with van der Waals surface area (Å²) in [6.45, 7) is 3.90. The van der Waals surface area contributed by atoms with Gasteiger partial charge in [-0.1, -0.05) is 17.2 Å². The van der Waals surface area contributed by atoms with Crippen LogP contribution in [0, 0.1) is 23.6 Å². The zero-order valence-corrected chi connectivity index (χ0v) is 22.6. The number of rotatable bonds is 6. The number of amides is 2. The number of carbonyl (C=O) groups is 2. The van der Waals surface area contributed by atoms with Gasteiger partial charge < -0.3 is 15.4 Å². The summed E-state index contributed by atoms with van der Waals surface area (Å²) < 4.78 is 59.1. The first-order chi connectivity index (χ1) is 19.5. The van der Waals surface area contributed by atoms with Gasteiger partial charge in [0.15, 0.2) is 0 Å². The molecule has 2 saturated carbocycles. The second-order valence-corrected chi connectivity index (χ2v) is 10.5. The molecule has 41 heavy (non-hydrogen) atoms. The van der Waals surface area contributed by atoms with E-state index in [4.69, 9.17) is 4.74 Å². The number of alkyl halides is 3. The van der Waals surface area contributed by atoms with Crippen LogP contribution in [0.15, 0.2) is 66.3 Å². The maximum atomic E-state index is 13.8. The van der Waals surface area contributed by atoms with Gasteiger partial charge >= 0.3 is 6.18 Å². The molecular weight excluding hydrogens is 540 g/mol. The number of ether oxygens (including phenoxy) is 1. The highest BCUT2D eigenvalue weighted by molar-refractivity contribution is 6.00. The van der Waals surface area contributed by atoms with Crippen molar-refractivity contribution in [3.8, 4) is 16.9 Å². The number of anilines is 1. The summed E-state index contributed by atoms with van der Waals surface area (Å²) in [5, 5.41) is 5.59. The van der Waals surface area contributed by atoms with Gasteiger partial charge in [0, 0.05) is 35.6 Å². The molecule has 3 aromatic rings. The van der Waals surface area contributed by atoms with Gasteiger partial charge in [-0.05, 0) is 68.5 Å². The molecule has 0 spiro atoms. The molecule has 2 N–H and O–H groups in total. The Hall–Kier alpha value is -4.28. The maximum Gasteiger partial charge on any atom is 0.419 e. The van der Waals surface area contributed by atoms with E-state index in [1.807, 2.05) is 13.8 Å². The fourth-order valence-corrected chi connectivity index (χ4v) is 6.26. The third-order valence-corrected chi connectivity index (χ3v) is 7.90. The van der Waals surface area contributed by atoms with Crippen LogP contribution >= 0.6 is 0 Å². The van der Waals surface area contributed by atoms with E-state index in [0.29, 0.717) is 35.4 Å². The van der Waals surface area contributed by atoms with Crippen molar-refractivity contribution >= 4 is 17.5 Å². The summed E-state index contributed by atoms with van der Waals surface area (Å²) in [6.07, 6.45) is 1.19. The second-order valence-electron chi connectivity index (χ2n) is 10.5. The minimum Gasteiger partial charge on any atom is -0.496 e. The van der Waals surface area contributed by atoms with E-state index in [9.17, 15) is 27.2 Å². The van der Waals surface area contributed by atoms with Crippen LogP contribution in [0.2, 0.25) is 0 Å². The van der Waals surface area contributed by atoms with Gasteiger partial charge in [-0.3, -0.25) is 9.59 Å². The molecule has 1 heterocycles. The predicted octanol–water partition coefficient (Wildman–Crippen LogP) is 6.04. The number of methoxy groups -OCH3 is 1. The van der Waals surface area contributed by atoms with Crippen LogP contribution in [-0.4, -0.2) is 34.9 Å². The largest absolute Gasteiger partial charge is 0.496 e. The van der Waals surface area contributed by atoms with Gasteiger partial charge in [-0.25, -0.2) is 14.4 Å². The molecule has 4 atom stereocenters. The molecule has 0 aliphatic heterocycles. The van der Waals surface area contributed by atoms with Crippen LogP contribution in [0.1, 0.15) is 42.6 Å². The summed E-state index contributed by atoms with van der Waals surface area (Å²) in [4.78, 5) is 35.4. The van der Waals surface area contributed by atoms with E-state index in [2.05, 4.69) is 20.6 Å². The van der Waals surface area contributed by atoms with Crippen LogP contribution in [-0.2, 0) is 11.0 Å². The molecule has 2 aliphatic rings. The van der Waals surface area contributed by atoms with Crippen molar-refractivity contribution in [2.45, 2.75) is 38.9 Å². The topological polar surface area (TPSA) is 93.2 Å². The van der Waals surface area contributed by atoms with Crippen LogP contribution in [0.25, 0.3) is 11.1 Å². The molecule has 0 radical (unpaired) electrons. The number of aromatic nitrogens is 2. The molecule has 2 fully saturated rings. The predicted molar refractivity (Wildman–Crippen MR) is 143 cm³/mol. The second kappa shape index (κ2) is 10.9. The molecule has 214 valence electrons. The molecule has 0 saturated heterocycles. The molecule has 2 amide bonds. The van der Waals surface area contributed by atoms with Crippen LogP contribution in [0.3, 0.4) is 0 Å². The van der Waals surface area contributed by atoms with Gasteiger partial charge in [0.25, 0.3) is 5.91 Å². The molecule has 2 bridgehead atoms. The Morgan fingerprint density at radius 1 is 0.976 bits per heavy atom. The maximum absolute atomic E-state index is 13.8. The van der Waals surface area contributed by atoms with E-state index in [0.717, 1.165) is 23.6 Å². The minimum atomic E-state index is -4.91. The SMILES string of the molecule is COc1ccc(-c2cncnc2)cc1C(=O)N[C@@H]1C2CCC(C2=C(C)C)[C@@H]1C(=O)Nc1ccc(F)c(C(F)(F)F)c1. The normalized spacial score (nSPS) is 21.5. The first-order valence-corrected chi connectivity index (χ1v) is 13.1. The van der Waals surface area contributed by atoms with Crippen molar-refractivity contribution in [2.75, 3.05) is 12.4 Å². The lowest BCUT2D eigenvalue weighted by molar-refractivity contribution is -0.140. The Morgan fingerprint density at radius 2 is 1.68 bits per heavy atom. The molecule has 2 aromatic carbocycles. The van der Waals surface area contributed by atoms with Crippen LogP contribution < -0.4 is 15.4 Å². The van der Waals surface area contributed by atoms with Gasteiger partial charge in [0.1, 0.15) is 17.9 Å². The smallest absolute Gasteiger partial charge is 0.419 e. The zero-order valence-electron chi connectivity index (χ0n) is 22.6. The lowest BCUT2D eigenvalue weighted by Crippen LogP contribution is -2.48. The van der Waals surface area contributed by atoms with E-state index < -0.39 is 41.3 Å². The van der Waals surface area contributed by atoms with Crippen molar-refractivity contribution in [3.63, 3.8) is 0 Å². The Morgan fingerprint density at radius 3 is 2.34 bits per heavy atom. The number of halogens is 4. The van der Waals surface area contributed by atoms with Crippen molar-refractivity contribution in [1.29, 1.82) is 0 Å². The lowest BCUT2D eigenvalue weighted by atomic mass is 9.83. The number of fused-ring (bicyclic) bond motifs is 2. The van der Waals surface area contributed by atoms with E-state index in [1.54, 1.807) is 30.6 Å². The summed E-state index contributed by atoms with van der Waals surface area (Å²) in [7, 11) is 1.45. The minimum absolute atomic E-state index is 0.111.